The molecule has 0 aliphatic carbocycles. The minimum absolute atomic E-state index is 0.178. The summed E-state index contributed by atoms with van der Waals surface area (Å²) in [6.45, 7) is 13.3. The molecule has 0 aromatic rings. The van der Waals surface area contributed by atoms with Gasteiger partial charge in [0.1, 0.15) is 0 Å². The number of aliphatic imine (C=N–C) groups is 1. The molecule has 0 radical (unpaired) electrons. The van der Waals surface area contributed by atoms with Crippen molar-refractivity contribution >= 4 is 5.71 Å². The summed E-state index contributed by atoms with van der Waals surface area (Å²) in [5.41, 5.74) is 3.79. The van der Waals surface area contributed by atoms with Crippen molar-refractivity contribution < 1.29 is 0 Å². The van der Waals surface area contributed by atoms with Gasteiger partial charge in [-0.3, -0.25) is 4.99 Å². The molecule has 1 rings (SSSR count). The van der Waals surface area contributed by atoms with E-state index in [-0.39, 0.29) is 5.41 Å². The molecule has 0 unspecified atom stereocenters. The molecule has 0 fully saturated rings. The highest BCUT2D eigenvalue weighted by atomic mass is 14.8. The Morgan fingerprint density at radius 1 is 1.50 bits per heavy atom. The quantitative estimate of drug-likeness (QED) is 0.563. The lowest BCUT2D eigenvalue weighted by atomic mass is 9.89. The molecule has 0 saturated heterocycles. The molecule has 0 aromatic heterocycles. The van der Waals surface area contributed by atoms with Gasteiger partial charge in [-0.25, -0.2) is 0 Å². The fraction of sp³-hybridized carbons (Fsp3) is 0.545. The van der Waals surface area contributed by atoms with Gasteiger partial charge in [0.05, 0.1) is 6.54 Å². The van der Waals surface area contributed by atoms with E-state index in [4.69, 9.17) is 0 Å². The van der Waals surface area contributed by atoms with Crippen LogP contribution in [0.5, 0.6) is 0 Å². The standard InChI is InChI=1S/C11H17N/c1-8(2)9-6-10(12-7-9)11(3,4)5/h6H,1,7H2,2-5H3. The minimum Gasteiger partial charge on any atom is -0.284 e. The Morgan fingerprint density at radius 3 is 2.33 bits per heavy atom. The van der Waals surface area contributed by atoms with E-state index in [2.05, 4.69) is 38.4 Å². The van der Waals surface area contributed by atoms with Gasteiger partial charge in [0.15, 0.2) is 0 Å². The van der Waals surface area contributed by atoms with Crippen molar-refractivity contribution in [1.29, 1.82) is 0 Å². The van der Waals surface area contributed by atoms with E-state index in [0.29, 0.717) is 0 Å². The Labute approximate surface area is 74.9 Å². The number of hydrogen-bond donors (Lipinski definition) is 0. The number of rotatable bonds is 1. The van der Waals surface area contributed by atoms with Gasteiger partial charge in [-0.2, -0.15) is 0 Å². The molecule has 1 nitrogen and oxygen atoms in total. The van der Waals surface area contributed by atoms with Crippen LogP contribution in [0, 0.1) is 5.41 Å². The molecule has 0 aromatic carbocycles. The lowest BCUT2D eigenvalue weighted by Gasteiger charge is -2.16. The van der Waals surface area contributed by atoms with Crippen molar-refractivity contribution in [1.82, 2.24) is 0 Å². The van der Waals surface area contributed by atoms with Gasteiger partial charge in [-0.05, 0) is 18.6 Å². The average Bonchev–Trinajstić information content (AvgIpc) is 2.30. The molecule has 0 amide bonds. The summed E-state index contributed by atoms with van der Waals surface area (Å²) in [6, 6.07) is 0. The summed E-state index contributed by atoms with van der Waals surface area (Å²) in [5, 5.41) is 0. The van der Waals surface area contributed by atoms with Crippen LogP contribution in [0.2, 0.25) is 0 Å². The van der Waals surface area contributed by atoms with Crippen molar-refractivity contribution in [2.75, 3.05) is 6.54 Å². The predicted octanol–water partition coefficient (Wildman–Crippen LogP) is 2.99. The topological polar surface area (TPSA) is 12.4 Å². The lowest BCUT2D eigenvalue weighted by Crippen LogP contribution is -2.16. The number of allylic oxidation sites excluding steroid dienone is 1. The zero-order valence-corrected chi connectivity index (χ0v) is 8.44. The normalized spacial score (nSPS) is 17.3. The first-order valence-electron chi connectivity index (χ1n) is 4.32. The average molecular weight is 163 g/mol. The molecule has 66 valence electrons. The van der Waals surface area contributed by atoms with Gasteiger partial charge < -0.3 is 0 Å². The predicted molar refractivity (Wildman–Crippen MR) is 54.7 cm³/mol. The van der Waals surface area contributed by atoms with Crippen molar-refractivity contribution in [3.63, 3.8) is 0 Å². The van der Waals surface area contributed by atoms with E-state index in [1.807, 2.05) is 6.92 Å². The van der Waals surface area contributed by atoms with Crippen molar-refractivity contribution in [2.24, 2.45) is 10.4 Å². The van der Waals surface area contributed by atoms with E-state index in [9.17, 15) is 0 Å². The van der Waals surface area contributed by atoms with Crippen LogP contribution in [0.3, 0.4) is 0 Å². The molecule has 0 bridgehead atoms. The van der Waals surface area contributed by atoms with E-state index in [0.717, 1.165) is 12.1 Å². The van der Waals surface area contributed by atoms with Crippen LogP contribution in [0.25, 0.3) is 0 Å². The van der Waals surface area contributed by atoms with Crippen molar-refractivity contribution in [2.45, 2.75) is 27.7 Å². The summed E-state index contributed by atoms with van der Waals surface area (Å²) in [5.74, 6) is 0. The van der Waals surface area contributed by atoms with Gasteiger partial charge in [-0.1, -0.05) is 32.9 Å². The lowest BCUT2D eigenvalue weighted by molar-refractivity contribution is 0.594. The molecule has 1 heterocycles. The van der Waals surface area contributed by atoms with Gasteiger partial charge in [0, 0.05) is 11.1 Å². The van der Waals surface area contributed by atoms with Crippen LogP contribution < -0.4 is 0 Å². The van der Waals surface area contributed by atoms with Crippen molar-refractivity contribution in [3.05, 3.63) is 23.8 Å². The van der Waals surface area contributed by atoms with Gasteiger partial charge in [-0.15, -0.1) is 0 Å². The third-order valence-corrected chi connectivity index (χ3v) is 2.05. The molecule has 0 N–H and O–H groups in total. The van der Waals surface area contributed by atoms with Crippen LogP contribution >= 0.6 is 0 Å². The second kappa shape index (κ2) is 2.89. The second-order valence-corrected chi connectivity index (χ2v) is 4.40. The largest absolute Gasteiger partial charge is 0.284 e. The number of nitrogens with zero attached hydrogens (tertiary/aromatic N) is 1. The molecule has 1 heteroatoms. The molecule has 0 saturated carbocycles. The maximum Gasteiger partial charge on any atom is 0.0646 e. The zero-order chi connectivity index (χ0) is 9.35. The van der Waals surface area contributed by atoms with Crippen molar-refractivity contribution in [3.8, 4) is 0 Å². The van der Waals surface area contributed by atoms with Crippen LogP contribution in [-0.2, 0) is 0 Å². The van der Waals surface area contributed by atoms with Gasteiger partial charge >= 0.3 is 0 Å². The van der Waals surface area contributed by atoms with Crippen LogP contribution in [0.15, 0.2) is 28.8 Å². The van der Waals surface area contributed by atoms with E-state index < -0.39 is 0 Å². The highest BCUT2D eigenvalue weighted by molar-refractivity contribution is 6.01. The fourth-order valence-electron chi connectivity index (χ4n) is 1.14. The maximum atomic E-state index is 4.47. The number of hydrogen-bond acceptors (Lipinski definition) is 1. The first-order valence-corrected chi connectivity index (χ1v) is 4.32. The molecule has 12 heavy (non-hydrogen) atoms. The van der Waals surface area contributed by atoms with E-state index in [1.165, 1.54) is 11.3 Å². The summed E-state index contributed by atoms with van der Waals surface area (Å²) < 4.78 is 0. The molecular weight excluding hydrogens is 146 g/mol. The molecule has 0 atom stereocenters. The Morgan fingerprint density at radius 2 is 2.08 bits per heavy atom. The molecule has 1 aliphatic rings. The first-order chi connectivity index (χ1) is 5.41. The Hall–Kier alpha value is -0.850. The van der Waals surface area contributed by atoms with Gasteiger partial charge in [0.2, 0.25) is 0 Å². The van der Waals surface area contributed by atoms with E-state index >= 15 is 0 Å². The second-order valence-electron chi connectivity index (χ2n) is 4.40. The highest BCUT2D eigenvalue weighted by Gasteiger charge is 2.20. The third-order valence-electron chi connectivity index (χ3n) is 2.05. The highest BCUT2D eigenvalue weighted by Crippen LogP contribution is 2.24. The van der Waals surface area contributed by atoms with Crippen LogP contribution in [-0.4, -0.2) is 12.3 Å². The summed E-state index contributed by atoms with van der Waals surface area (Å²) in [4.78, 5) is 4.47. The summed E-state index contributed by atoms with van der Waals surface area (Å²) >= 11 is 0. The smallest absolute Gasteiger partial charge is 0.0646 e. The van der Waals surface area contributed by atoms with Crippen LogP contribution in [0.4, 0.5) is 0 Å². The first kappa shape index (κ1) is 9.24. The SMILES string of the molecule is C=C(C)C1=CC(C(C)(C)C)=NC1. The zero-order valence-electron chi connectivity index (χ0n) is 8.44. The molecule has 1 aliphatic heterocycles. The maximum absolute atomic E-state index is 4.47. The Kier molecular flexibility index (Phi) is 2.22. The molecule has 0 spiro atoms. The summed E-state index contributed by atoms with van der Waals surface area (Å²) in [6.07, 6.45) is 2.17. The Bertz CT molecular complexity index is 261. The third kappa shape index (κ3) is 1.84. The van der Waals surface area contributed by atoms with E-state index in [1.54, 1.807) is 0 Å². The Balaban J connectivity index is 2.82. The minimum atomic E-state index is 0.178. The monoisotopic (exact) mass is 163 g/mol. The van der Waals surface area contributed by atoms with Gasteiger partial charge in [0.25, 0.3) is 0 Å². The summed E-state index contributed by atoms with van der Waals surface area (Å²) in [7, 11) is 0. The fourth-order valence-corrected chi connectivity index (χ4v) is 1.14. The van der Waals surface area contributed by atoms with Crippen LogP contribution in [0.1, 0.15) is 27.7 Å². The molecular formula is C11H17N.